The molecule has 0 spiro atoms. The van der Waals surface area contributed by atoms with Gasteiger partial charge >= 0.3 is 11.9 Å². The summed E-state index contributed by atoms with van der Waals surface area (Å²) in [6.45, 7) is 5.03. The SMILES string of the molecule is CCC(=O)OC(=O)CC(C)(C)N. The van der Waals surface area contributed by atoms with Crippen LogP contribution in [0.15, 0.2) is 0 Å². The van der Waals surface area contributed by atoms with Crippen molar-refractivity contribution in [1.29, 1.82) is 0 Å². The quantitative estimate of drug-likeness (QED) is 0.501. The molecule has 0 atom stereocenters. The topological polar surface area (TPSA) is 69.4 Å². The summed E-state index contributed by atoms with van der Waals surface area (Å²) in [5.74, 6) is -1.07. The van der Waals surface area contributed by atoms with Crippen molar-refractivity contribution in [2.24, 2.45) is 5.73 Å². The van der Waals surface area contributed by atoms with Crippen molar-refractivity contribution >= 4 is 11.9 Å². The first-order valence-electron chi connectivity index (χ1n) is 3.87. The van der Waals surface area contributed by atoms with E-state index in [0.29, 0.717) is 0 Å². The van der Waals surface area contributed by atoms with E-state index >= 15 is 0 Å². The molecule has 2 N–H and O–H groups in total. The smallest absolute Gasteiger partial charge is 0.315 e. The molecular weight excluding hydrogens is 158 g/mol. The van der Waals surface area contributed by atoms with Gasteiger partial charge in [-0.25, -0.2) is 0 Å². The first kappa shape index (κ1) is 11.1. The molecule has 0 unspecified atom stereocenters. The van der Waals surface area contributed by atoms with Gasteiger partial charge in [0.05, 0.1) is 6.42 Å². The average Bonchev–Trinajstić information content (AvgIpc) is 1.82. The van der Waals surface area contributed by atoms with Gasteiger partial charge in [0.15, 0.2) is 0 Å². The number of esters is 2. The van der Waals surface area contributed by atoms with Crippen LogP contribution in [0.25, 0.3) is 0 Å². The average molecular weight is 173 g/mol. The summed E-state index contributed by atoms with van der Waals surface area (Å²) in [5.41, 5.74) is 4.92. The predicted octanol–water partition coefficient (Wildman–Crippen LogP) is 0.594. The van der Waals surface area contributed by atoms with Crippen LogP contribution in [-0.4, -0.2) is 17.5 Å². The van der Waals surface area contributed by atoms with Crippen LogP contribution in [0.5, 0.6) is 0 Å². The molecule has 0 aromatic heterocycles. The highest BCUT2D eigenvalue weighted by Crippen LogP contribution is 2.04. The molecule has 0 saturated carbocycles. The number of rotatable bonds is 3. The van der Waals surface area contributed by atoms with Crippen LogP contribution in [0.1, 0.15) is 33.6 Å². The molecule has 0 rings (SSSR count). The standard InChI is InChI=1S/C8H15NO3/c1-4-6(10)12-7(11)5-8(2,3)9/h4-5,9H2,1-3H3. The van der Waals surface area contributed by atoms with Crippen LogP contribution in [0.3, 0.4) is 0 Å². The van der Waals surface area contributed by atoms with Gasteiger partial charge in [-0.3, -0.25) is 9.59 Å². The maximum Gasteiger partial charge on any atom is 0.315 e. The molecule has 0 aliphatic rings. The summed E-state index contributed by atoms with van der Waals surface area (Å²) in [6, 6.07) is 0. The number of nitrogens with two attached hydrogens (primary N) is 1. The van der Waals surface area contributed by atoms with Crippen LogP contribution >= 0.6 is 0 Å². The van der Waals surface area contributed by atoms with Crippen LogP contribution in [0.4, 0.5) is 0 Å². The summed E-state index contributed by atoms with van der Waals surface area (Å²) in [6.07, 6.45) is 0.259. The van der Waals surface area contributed by atoms with Crippen molar-refractivity contribution in [3.05, 3.63) is 0 Å². The van der Waals surface area contributed by atoms with Gasteiger partial charge in [-0.15, -0.1) is 0 Å². The van der Waals surface area contributed by atoms with Crippen molar-refractivity contribution < 1.29 is 14.3 Å². The Morgan fingerprint density at radius 3 is 2.17 bits per heavy atom. The second-order valence-corrected chi connectivity index (χ2v) is 3.36. The molecule has 0 bridgehead atoms. The van der Waals surface area contributed by atoms with E-state index < -0.39 is 17.5 Å². The molecule has 0 aliphatic heterocycles. The molecule has 0 aromatic carbocycles. The number of carbonyl (C=O) groups excluding carboxylic acids is 2. The van der Waals surface area contributed by atoms with Crippen molar-refractivity contribution in [3.63, 3.8) is 0 Å². The first-order valence-corrected chi connectivity index (χ1v) is 3.87. The molecule has 0 saturated heterocycles. The Morgan fingerprint density at radius 1 is 1.33 bits per heavy atom. The van der Waals surface area contributed by atoms with Crippen LogP contribution in [0.2, 0.25) is 0 Å². The lowest BCUT2D eigenvalue weighted by Gasteiger charge is -2.15. The fourth-order valence-electron chi connectivity index (χ4n) is 0.607. The van der Waals surface area contributed by atoms with Crippen LogP contribution in [0, 0.1) is 0 Å². The molecular formula is C8H15NO3. The monoisotopic (exact) mass is 173 g/mol. The molecule has 4 nitrogen and oxygen atoms in total. The largest absolute Gasteiger partial charge is 0.393 e. The fourth-order valence-corrected chi connectivity index (χ4v) is 0.607. The zero-order valence-corrected chi connectivity index (χ0v) is 7.72. The Bertz CT molecular complexity index is 181. The number of ether oxygens (including phenoxy) is 1. The van der Waals surface area contributed by atoms with E-state index in [1.165, 1.54) is 0 Å². The van der Waals surface area contributed by atoms with Gasteiger partial charge in [-0.05, 0) is 13.8 Å². The van der Waals surface area contributed by atoms with E-state index in [4.69, 9.17) is 5.73 Å². The maximum absolute atomic E-state index is 10.9. The highest BCUT2D eigenvalue weighted by atomic mass is 16.6. The van der Waals surface area contributed by atoms with Crippen molar-refractivity contribution in [2.75, 3.05) is 0 Å². The van der Waals surface area contributed by atoms with E-state index in [1.54, 1.807) is 20.8 Å². The first-order chi connectivity index (χ1) is 5.35. The highest BCUT2D eigenvalue weighted by molar-refractivity contribution is 5.85. The van der Waals surface area contributed by atoms with E-state index in [-0.39, 0.29) is 12.8 Å². The summed E-state index contributed by atoms with van der Waals surface area (Å²) < 4.78 is 4.42. The minimum absolute atomic E-state index is 0.0543. The van der Waals surface area contributed by atoms with E-state index in [9.17, 15) is 9.59 Å². The van der Waals surface area contributed by atoms with Crippen molar-refractivity contribution in [1.82, 2.24) is 0 Å². The predicted molar refractivity (Wildman–Crippen MR) is 44.3 cm³/mol. The number of hydrogen-bond donors (Lipinski definition) is 1. The fraction of sp³-hybridized carbons (Fsp3) is 0.750. The summed E-state index contributed by atoms with van der Waals surface area (Å²) in [7, 11) is 0. The normalized spacial score (nSPS) is 11.0. The van der Waals surface area contributed by atoms with Gasteiger partial charge in [-0.2, -0.15) is 0 Å². The second-order valence-electron chi connectivity index (χ2n) is 3.36. The zero-order chi connectivity index (χ0) is 9.78. The van der Waals surface area contributed by atoms with Crippen molar-refractivity contribution in [2.45, 2.75) is 39.2 Å². The molecule has 0 aliphatic carbocycles. The zero-order valence-electron chi connectivity index (χ0n) is 7.72. The Morgan fingerprint density at radius 2 is 1.83 bits per heavy atom. The molecule has 0 amide bonds. The van der Waals surface area contributed by atoms with Crippen LogP contribution in [-0.2, 0) is 14.3 Å². The number of carbonyl (C=O) groups is 2. The third-order valence-electron chi connectivity index (χ3n) is 1.12. The Kier molecular flexibility index (Phi) is 3.89. The van der Waals surface area contributed by atoms with Crippen molar-refractivity contribution in [3.8, 4) is 0 Å². The van der Waals surface area contributed by atoms with E-state index in [2.05, 4.69) is 4.74 Å². The minimum Gasteiger partial charge on any atom is -0.393 e. The Hall–Kier alpha value is -0.900. The molecule has 0 radical (unpaired) electrons. The minimum atomic E-state index is -0.620. The summed E-state index contributed by atoms with van der Waals surface area (Å²) in [4.78, 5) is 21.5. The molecule has 0 heterocycles. The summed E-state index contributed by atoms with van der Waals surface area (Å²) in [5, 5.41) is 0. The maximum atomic E-state index is 10.9. The van der Waals surface area contributed by atoms with Gasteiger partial charge in [0.1, 0.15) is 0 Å². The summed E-state index contributed by atoms with van der Waals surface area (Å²) >= 11 is 0. The van der Waals surface area contributed by atoms with Gasteiger partial charge in [0, 0.05) is 12.0 Å². The lowest BCUT2D eigenvalue weighted by molar-refractivity contribution is -0.160. The van der Waals surface area contributed by atoms with E-state index in [0.717, 1.165) is 0 Å². The van der Waals surface area contributed by atoms with E-state index in [1.807, 2.05) is 0 Å². The Labute approximate surface area is 72.1 Å². The molecule has 0 fully saturated rings. The third-order valence-corrected chi connectivity index (χ3v) is 1.12. The lowest BCUT2D eigenvalue weighted by atomic mass is 10.0. The number of hydrogen-bond acceptors (Lipinski definition) is 4. The van der Waals surface area contributed by atoms with Gasteiger partial charge < -0.3 is 10.5 Å². The van der Waals surface area contributed by atoms with Crippen LogP contribution < -0.4 is 5.73 Å². The Balaban J connectivity index is 3.83. The van der Waals surface area contributed by atoms with Gasteiger partial charge in [0.2, 0.25) is 0 Å². The highest BCUT2D eigenvalue weighted by Gasteiger charge is 2.19. The second kappa shape index (κ2) is 4.21. The molecule has 12 heavy (non-hydrogen) atoms. The molecule has 4 heteroatoms. The third kappa shape index (κ3) is 5.85. The molecule has 70 valence electrons. The van der Waals surface area contributed by atoms with Gasteiger partial charge in [-0.1, -0.05) is 6.92 Å². The molecule has 0 aromatic rings. The lowest BCUT2D eigenvalue weighted by Crippen LogP contribution is -2.35. The van der Waals surface area contributed by atoms with Gasteiger partial charge in [0.25, 0.3) is 0 Å².